The lowest BCUT2D eigenvalue weighted by Crippen LogP contribution is -2.30. The first-order chi connectivity index (χ1) is 14.0. The minimum Gasteiger partial charge on any atom is -0.322 e. The number of anilines is 2. The number of hydrogen-bond acceptors (Lipinski definition) is 4. The van der Waals surface area contributed by atoms with Gasteiger partial charge in [-0.25, -0.2) is 8.42 Å². The summed E-state index contributed by atoms with van der Waals surface area (Å²) in [5, 5.41) is 11.5. The number of para-hydroxylation sites is 1. The van der Waals surface area contributed by atoms with Crippen molar-refractivity contribution in [1.82, 2.24) is 0 Å². The topological polar surface area (TPSA) is 90.3 Å². The Morgan fingerprint density at radius 2 is 1.59 bits per heavy atom. The minimum absolute atomic E-state index is 0.109. The number of sulfonamides is 1. The fourth-order valence-corrected chi connectivity index (χ4v) is 4.30. The van der Waals surface area contributed by atoms with E-state index in [0.717, 1.165) is 0 Å². The summed E-state index contributed by atoms with van der Waals surface area (Å²) in [5.41, 5.74) is 1.96. The summed E-state index contributed by atoms with van der Waals surface area (Å²) < 4.78 is 27.3. The van der Waals surface area contributed by atoms with E-state index in [1.54, 1.807) is 55.5 Å². The Morgan fingerprint density at radius 3 is 2.14 bits per heavy atom. The molecule has 0 saturated heterocycles. The van der Waals surface area contributed by atoms with Crippen molar-refractivity contribution in [2.75, 3.05) is 16.2 Å². The molecule has 0 spiro atoms. The molecule has 3 rings (SSSR count). The predicted molar refractivity (Wildman–Crippen MR) is 112 cm³/mol. The molecule has 1 N–H and O–H groups in total. The molecular weight excluding hydrogens is 386 g/mol. The summed E-state index contributed by atoms with van der Waals surface area (Å²) in [6.45, 7) is 2.05. The Hall–Kier alpha value is -3.63. The molecule has 0 unspecified atom stereocenters. The number of nitriles is 1. The zero-order chi connectivity index (χ0) is 20.9. The molecule has 7 heteroatoms. The smallest absolute Gasteiger partial charge is 0.264 e. The van der Waals surface area contributed by atoms with E-state index in [4.69, 9.17) is 5.26 Å². The van der Waals surface area contributed by atoms with Gasteiger partial charge in [0.25, 0.3) is 15.9 Å². The largest absolute Gasteiger partial charge is 0.322 e. The molecule has 0 aliphatic rings. The lowest BCUT2D eigenvalue weighted by Gasteiger charge is -2.23. The summed E-state index contributed by atoms with van der Waals surface area (Å²) in [7, 11) is -3.74. The van der Waals surface area contributed by atoms with E-state index in [9.17, 15) is 13.2 Å². The van der Waals surface area contributed by atoms with E-state index < -0.39 is 10.0 Å². The Labute approximate surface area is 170 Å². The zero-order valence-electron chi connectivity index (χ0n) is 15.7. The summed E-state index contributed by atoms with van der Waals surface area (Å²) in [4.78, 5) is 12.5. The second kappa shape index (κ2) is 8.59. The third-order valence-corrected chi connectivity index (χ3v) is 6.22. The normalized spacial score (nSPS) is 10.8. The van der Waals surface area contributed by atoms with Crippen LogP contribution in [-0.4, -0.2) is 20.9 Å². The number of hydrogen-bond donors (Lipinski definition) is 1. The maximum absolute atomic E-state index is 13.0. The number of carbonyl (C=O) groups excluding carboxylic acids is 1. The second-order valence-electron chi connectivity index (χ2n) is 6.17. The van der Waals surface area contributed by atoms with Gasteiger partial charge in [-0.15, -0.1) is 0 Å². The number of carbonyl (C=O) groups is 1. The van der Waals surface area contributed by atoms with Crippen LogP contribution in [0, 0.1) is 11.3 Å². The Bertz CT molecular complexity index is 1130. The monoisotopic (exact) mass is 405 g/mol. The van der Waals surface area contributed by atoms with E-state index in [2.05, 4.69) is 5.32 Å². The van der Waals surface area contributed by atoms with Crippen molar-refractivity contribution in [2.24, 2.45) is 0 Å². The number of rotatable bonds is 6. The quantitative estimate of drug-likeness (QED) is 0.670. The second-order valence-corrected chi connectivity index (χ2v) is 8.04. The Kier molecular flexibility index (Phi) is 5.96. The highest BCUT2D eigenvalue weighted by atomic mass is 32.2. The van der Waals surface area contributed by atoms with E-state index in [1.165, 1.54) is 28.6 Å². The molecule has 0 bridgehead atoms. The summed E-state index contributed by atoms with van der Waals surface area (Å²) in [6, 6.07) is 23.2. The van der Waals surface area contributed by atoms with Crippen molar-refractivity contribution in [1.29, 1.82) is 5.26 Å². The zero-order valence-corrected chi connectivity index (χ0v) is 16.6. The van der Waals surface area contributed by atoms with Crippen LogP contribution in [0.25, 0.3) is 0 Å². The van der Waals surface area contributed by atoms with Gasteiger partial charge in [-0.1, -0.05) is 18.2 Å². The van der Waals surface area contributed by atoms with Crippen LogP contribution in [0.1, 0.15) is 22.8 Å². The van der Waals surface area contributed by atoms with E-state index >= 15 is 0 Å². The third-order valence-electron chi connectivity index (χ3n) is 4.31. The van der Waals surface area contributed by atoms with Gasteiger partial charge < -0.3 is 5.32 Å². The lowest BCUT2D eigenvalue weighted by atomic mass is 10.2. The van der Waals surface area contributed by atoms with Gasteiger partial charge in [-0.3, -0.25) is 9.10 Å². The van der Waals surface area contributed by atoms with E-state index in [0.29, 0.717) is 22.5 Å². The molecule has 0 atom stereocenters. The van der Waals surface area contributed by atoms with Gasteiger partial charge in [0.15, 0.2) is 0 Å². The van der Waals surface area contributed by atoms with Crippen LogP contribution in [0.15, 0.2) is 83.8 Å². The standard InChI is InChI=1S/C22H19N3O3S/c1-2-25(20-6-4-3-5-7-20)29(27,28)21-14-10-18(11-15-21)22(26)24-19-12-8-17(16-23)9-13-19/h3-15H,2H2,1H3,(H,24,26). The van der Waals surface area contributed by atoms with Crippen LogP contribution in [0.2, 0.25) is 0 Å². The van der Waals surface area contributed by atoms with Crippen LogP contribution < -0.4 is 9.62 Å². The van der Waals surface area contributed by atoms with Gasteiger partial charge in [-0.2, -0.15) is 5.26 Å². The fraction of sp³-hybridized carbons (Fsp3) is 0.0909. The molecular formula is C22H19N3O3S. The van der Waals surface area contributed by atoms with Gasteiger partial charge in [0.2, 0.25) is 0 Å². The van der Waals surface area contributed by atoms with Gasteiger partial charge in [0, 0.05) is 17.8 Å². The van der Waals surface area contributed by atoms with E-state index in [1.807, 2.05) is 12.1 Å². The van der Waals surface area contributed by atoms with Crippen molar-refractivity contribution >= 4 is 27.3 Å². The van der Waals surface area contributed by atoms with Gasteiger partial charge in [0.1, 0.15) is 0 Å². The molecule has 146 valence electrons. The summed E-state index contributed by atoms with van der Waals surface area (Å²) in [6.07, 6.45) is 0. The number of amides is 1. The van der Waals surface area contributed by atoms with Crippen LogP contribution in [-0.2, 0) is 10.0 Å². The van der Waals surface area contributed by atoms with Crippen LogP contribution in [0.4, 0.5) is 11.4 Å². The molecule has 0 radical (unpaired) electrons. The third kappa shape index (κ3) is 4.45. The van der Waals surface area contributed by atoms with Crippen molar-refractivity contribution in [3.63, 3.8) is 0 Å². The summed E-state index contributed by atoms with van der Waals surface area (Å²) in [5.74, 6) is -0.367. The van der Waals surface area contributed by atoms with Gasteiger partial charge >= 0.3 is 0 Å². The SMILES string of the molecule is CCN(c1ccccc1)S(=O)(=O)c1ccc(C(=O)Nc2ccc(C#N)cc2)cc1. The average Bonchev–Trinajstić information content (AvgIpc) is 2.75. The highest BCUT2D eigenvalue weighted by molar-refractivity contribution is 7.92. The first kappa shape index (κ1) is 20.1. The molecule has 0 aliphatic heterocycles. The highest BCUT2D eigenvalue weighted by Crippen LogP contribution is 2.23. The molecule has 0 saturated carbocycles. The predicted octanol–water partition coefficient (Wildman–Crippen LogP) is 4.03. The van der Waals surface area contributed by atoms with Gasteiger partial charge in [0.05, 0.1) is 22.2 Å². The van der Waals surface area contributed by atoms with Crippen LogP contribution >= 0.6 is 0 Å². The lowest BCUT2D eigenvalue weighted by molar-refractivity contribution is 0.102. The van der Waals surface area contributed by atoms with E-state index in [-0.39, 0.29) is 17.3 Å². The molecule has 3 aromatic carbocycles. The van der Waals surface area contributed by atoms with Crippen molar-refractivity contribution in [3.05, 3.63) is 90.0 Å². The molecule has 1 amide bonds. The highest BCUT2D eigenvalue weighted by Gasteiger charge is 2.23. The summed E-state index contributed by atoms with van der Waals surface area (Å²) >= 11 is 0. The molecule has 0 aliphatic carbocycles. The number of nitrogens with zero attached hydrogens (tertiary/aromatic N) is 2. The maximum Gasteiger partial charge on any atom is 0.264 e. The van der Waals surface area contributed by atoms with Crippen LogP contribution in [0.3, 0.4) is 0 Å². The van der Waals surface area contributed by atoms with Gasteiger partial charge in [-0.05, 0) is 67.6 Å². The molecule has 0 aromatic heterocycles. The number of nitrogens with one attached hydrogen (secondary N) is 1. The Morgan fingerprint density at radius 1 is 0.966 bits per heavy atom. The molecule has 0 heterocycles. The maximum atomic E-state index is 13.0. The molecule has 6 nitrogen and oxygen atoms in total. The minimum atomic E-state index is -3.74. The first-order valence-electron chi connectivity index (χ1n) is 8.95. The van der Waals surface area contributed by atoms with Crippen molar-refractivity contribution < 1.29 is 13.2 Å². The first-order valence-corrected chi connectivity index (χ1v) is 10.4. The molecule has 29 heavy (non-hydrogen) atoms. The fourth-order valence-electron chi connectivity index (χ4n) is 2.82. The van der Waals surface area contributed by atoms with Crippen molar-refractivity contribution in [2.45, 2.75) is 11.8 Å². The molecule has 3 aromatic rings. The average molecular weight is 405 g/mol. The number of benzene rings is 3. The van der Waals surface area contributed by atoms with Crippen molar-refractivity contribution in [3.8, 4) is 6.07 Å². The molecule has 0 fully saturated rings. The Balaban J connectivity index is 1.79. The van der Waals surface area contributed by atoms with Crippen LogP contribution in [0.5, 0.6) is 0 Å².